The fraction of sp³-hybridized carbons (Fsp3) is 0.364. The molecule has 1 N–H and O–H groups in total. The van der Waals surface area contributed by atoms with Crippen LogP contribution in [0.25, 0.3) is 0 Å². The van der Waals surface area contributed by atoms with Crippen molar-refractivity contribution in [3.05, 3.63) is 65.7 Å². The van der Waals surface area contributed by atoms with Crippen molar-refractivity contribution in [2.45, 2.75) is 44.7 Å². The van der Waals surface area contributed by atoms with Crippen molar-refractivity contribution in [2.75, 3.05) is 7.11 Å². The van der Waals surface area contributed by atoms with Crippen molar-refractivity contribution < 1.29 is 28.9 Å². The van der Waals surface area contributed by atoms with Crippen LogP contribution in [0.2, 0.25) is 0 Å². The number of nitrogens with zero attached hydrogens (tertiary/aromatic N) is 1. The molecule has 1 saturated heterocycles. The molecular weight excluding hydrogens is 374 g/mol. The van der Waals surface area contributed by atoms with Crippen LogP contribution in [0.3, 0.4) is 0 Å². The number of rotatable bonds is 4. The highest BCUT2D eigenvalue weighted by molar-refractivity contribution is 5.77. The number of methoxy groups -OCH3 is 1. The van der Waals surface area contributed by atoms with Crippen LogP contribution in [0, 0.1) is 0 Å². The van der Waals surface area contributed by atoms with E-state index in [0.29, 0.717) is 16.9 Å². The average molecular weight is 399 g/mol. The second kappa shape index (κ2) is 8.13. The lowest BCUT2D eigenvalue weighted by Crippen LogP contribution is -2.40. The zero-order valence-corrected chi connectivity index (χ0v) is 16.9. The first-order valence-electron chi connectivity index (χ1n) is 9.30. The number of hydrogen-bond acceptors (Lipinski definition) is 5. The van der Waals surface area contributed by atoms with E-state index in [9.17, 15) is 14.7 Å². The highest BCUT2D eigenvalue weighted by atomic mass is 16.6. The van der Waals surface area contributed by atoms with E-state index >= 15 is 0 Å². The molecule has 7 heteroatoms. The summed E-state index contributed by atoms with van der Waals surface area (Å²) in [6.45, 7) is 5.28. The second-order valence-corrected chi connectivity index (χ2v) is 7.76. The Labute approximate surface area is 169 Å². The van der Waals surface area contributed by atoms with Gasteiger partial charge in [-0.2, -0.15) is 0 Å². The summed E-state index contributed by atoms with van der Waals surface area (Å²) in [4.78, 5) is 26.5. The SMILES string of the molecule is COc1ccc(C2OC(C(=O)O)C(c3ccccc3)N2C(=O)OC(C)(C)C)cc1. The molecule has 0 bridgehead atoms. The number of aliphatic carboxylic acids is 1. The summed E-state index contributed by atoms with van der Waals surface area (Å²) < 4.78 is 16.7. The van der Waals surface area contributed by atoms with Crippen LogP contribution in [0.1, 0.15) is 44.2 Å². The summed E-state index contributed by atoms with van der Waals surface area (Å²) >= 11 is 0. The first-order valence-corrected chi connectivity index (χ1v) is 9.30. The van der Waals surface area contributed by atoms with Crippen LogP contribution >= 0.6 is 0 Å². The van der Waals surface area contributed by atoms with Gasteiger partial charge in [0, 0.05) is 5.56 Å². The van der Waals surface area contributed by atoms with Crippen molar-refractivity contribution in [3.63, 3.8) is 0 Å². The molecule has 29 heavy (non-hydrogen) atoms. The summed E-state index contributed by atoms with van der Waals surface area (Å²) in [5, 5.41) is 9.80. The van der Waals surface area contributed by atoms with E-state index in [2.05, 4.69) is 0 Å². The van der Waals surface area contributed by atoms with E-state index in [-0.39, 0.29) is 0 Å². The van der Waals surface area contributed by atoms with E-state index in [4.69, 9.17) is 14.2 Å². The largest absolute Gasteiger partial charge is 0.497 e. The third-order valence-corrected chi connectivity index (χ3v) is 4.50. The quantitative estimate of drug-likeness (QED) is 0.831. The molecule has 154 valence electrons. The number of carboxylic acids is 1. The number of carbonyl (C=O) groups is 2. The third-order valence-electron chi connectivity index (χ3n) is 4.50. The average Bonchev–Trinajstić information content (AvgIpc) is 3.08. The topological polar surface area (TPSA) is 85.3 Å². The Balaban J connectivity index is 2.07. The molecular formula is C22H25NO6. The number of carbonyl (C=O) groups excluding carboxylic acids is 1. The van der Waals surface area contributed by atoms with E-state index in [1.807, 2.05) is 6.07 Å². The molecule has 0 aromatic heterocycles. The van der Waals surface area contributed by atoms with Gasteiger partial charge in [0.15, 0.2) is 12.3 Å². The van der Waals surface area contributed by atoms with Gasteiger partial charge in [-0.1, -0.05) is 42.5 Å². The van der Waals surface area contributed by atoms with Crippen molar-refractivity contribution in [1.29, 1.82) is 0 Å². The Morgan fingerprint density at radius 2 is 1.62 bits per heavy atom. The highest BCUT2D eigenvalue weighted by Gasteiger charge is 2.51. The second-order valence-electron chi connectivity index (χ2n) is 7.76. The van der Waals surface area contributed by atoms with Gasteiger partial charge in [-0.25, -0.2) is 9.59 Å². The monoisotopic (exact) mass is 399 g/mol. The van der Waals surface area contributed by atoms with Gasteiger partial charge in [0.25, 0.3) is 0 Å². The maximum absolute atomic E-state index is 13.1. The van der Waals surface area contributed by atoms with E-state index in [1.165, 1.54) is 4.90 Å². The third kappa shape index (κ3) is 4.51. The minimum absolute atomic E-state index is 0.626. The molecule has 0 aliphatic carbocycles. The molecule has 7 nitrogen and oxygen atoms in total. The van der Waals surface area contributed by atoms with Gasteiger partial charge in [0.1, 0.15) is 17.4 Å². The standard InChI is InChI=1S/C22H25NO6/c1-22(2,3)29-21(26)23-17(14-8-6-5-7-9-14)18(20(24)25)28-19(23)15-10-12-16(27-4)13-11-15/h5-13,17-19H,1-4H3,(H,24,25). The first kappa shape index (κ1) is 20.7. The Bertz CT molecular complexity index is 859. The Hall–Kier alpha value is -3.06. The van der Waals surface area contributed by atoms with Crippen LogP contribution in [-0.4, -0.2) is 40.9 Å². The van der Waals surface area contributed by atoms with E-state index < -0.39 is 36.0 Å². The van der Waals surface area contributed by atoms with Crippen molar-refractivity contribution in [3.8, 4) is 5.75 Å². The van der Waals surface area contributed by atoms with Crippen LogP contribution in [0.15, 0.2) is 54.6 Å². The van der Waals surface area contributed by atoms with Gasteiger partial charge in [0.05, 0.1) is 7.11 Å². The minimum Gasteiger partial charge on any atom is -0.497 e. The van der Waals surface area contributed by atoms with Gasteiger partial charge in [0.2, 0.25) is 0 Å². The Morgan fingerprint density at radius 1 is 1.00 bits per heavy atom. The number of benzene rings is 2. The maximum atomic E-state index is 13.1. The molecule has 1 amide bonds. The first-order chi connectivity index (χ1) is 13.7. The van der Waals surface area contributed by atoms with Gasteiger partial charge in [-0.3, -0.25) is 4.90 Å². The molecule has 3 atom stereocenters. The molecule has 3 rings (SSSR count). The van der Waals surface area contributed by atoms with Crippen LogP contribution in [-0.2, 0) is 14.3 Å². The van der Waals surface area contributed by atoms with Gasteiger partial charge < -0.3 is 19.3 Å². The van der Waals surface area contributed by atoms with E-state index in [1.54, 1.807) is 76.4 Å². The smallest absolute Gasteiger partial charge is 0.413 e. The molecule has 1 fully saturated rings. The number of ether oxygens (including phenoxy) is 3. The number of carboxylic acid groups (broad SMARTS) is 1. The van der Waals surface area contributed by atoms with Gasteiger partial charge in [-0.05, 0) is 38.5 Å². The maximum Gasteiger partial charge on any atom is 0.413 e. The fourth-order valence-electron chi connectivity index (χ4n) is 3.28. The van der Waals surface area contributed by atoms with Crippen LogP contribution < -0.4 is 4.74 Å². The highest BCUT2D eigenvalue weighted by Crippen LogP contribution is 2.44. The van der Waals surface area contributed by atoms with Gasteiger partial charge >= 0.3 is 12.1 Å². The summed E-state index contributed by atoms with van der Waals surface area (Å²) in [6, 6.07) is 15.1. The van der Waals surface area contributed by atoms with E-state index in [0.717, 1.165) is 0 Å². The molecule has 3 unspecified atom stereocenters. The normalized spacial score (nSPS) is 21.7. The molecule has 1 aliphatic heterocycles. The lowest BCUT2D eigenvalue weighted by Gasteiger charge is -2.31. The Kier molecular flexibility index (Phi) is 5.79. The lowest BCUT2D eigenvalue weighted by molar-refractivity contribution is -0.150. The summed E-state index contributed by atoms with van der Waals surface area (Å²) in [5.74, 6) is -0.506. The molecule has 2 aromatic rings. The Morgan fingerprint density at radius 3 is 2.14 bits per heavy atom. The van der Waals surface area contributed by atoms with Crippen LogP contribution in [0.4, 0.5) is 4.79 Å². The summed E-state index contributed by atoms with van der Waals surface area (Å²) in [7, 11) is 1.56. The van der Waals surface area contributed by atoms with Crippen molar-refractivity contribution in [2.24, 2.45) is 0 Å². The zero-order valence-electron chi connectivity index (χ0n) is 16.9. The lowest BCUT2D eigenvalue weighted by atomic mass is 10.0. The fourth-order valence-corrected chi connectivity index (χ4v) is 3.28. The molecule has 2 aromatic carbocycles. The van der Waals surface area contributed by atoms with Gasteiger partial charge in [-0.15, -0.1) is 0 Å². The van der Waals surface area contributed by atoms with Crippen LogP contribution in [0.5, 0.6) is 5.75 Å². The van der Waals surface area contributed by atoms with Crippen molar-refractivity contribution in [1.82, 2.24) is 4.90 Å². The zero-order chi connectivity index (χ0) is 21.2. The predicted molar refractivity (Wildman–Crippen MR) is 105 cm³/mol. The predicted octanol–water partition coefficient (Wildman–Crippen LogP) is 4.16. The number of amides is 1. The van der Waals surface area contributed by atoms with Crippen molar-refractivity contribution >= 4 is 12.1 Å². The number of hydrogen-bond donors (Lipinski definition) is 1. The summed E-state index contributed by atoms with van der Waals surface area (Å²) in [5.41, 5.74) is 0.535. The molecule has 0 radical (unpaired) electrons. The molecule has 1 aliphatic rings. The molecule has 1 heterocycles. The molecule has 0 spiro atoms. The molecule has 0 saturated carbocycles. The summed E-state index contributed by atoms with van der Waals surface area (Å²) in [6.07, 6.45) is -2.80. The minimum atomic E-state index is -1.24.